The molecule has 1 aromatic heterocycles. The van der Waals surface area contributed by atoms with E-state index in [9.17, 15) is 9.18 Å². The first-order valence-electron chi connectivity index (χ1n) is 4.98. The molecule has 0 unspecified atom stereocenters. The fourth-order valence-corrected chi connectivity index (χ4v) is 1.27. The van der Waals surface area contributed by atoms with E-state index in [1.165, 1.54) is 13.0 Å². The summed E-state index contributed by atoms with van der Waals surface area (Å²) in [7, 11) is 0. The third kappa shape index (κ3) is 2.66. The Morgan fingerprint density at radius 1 is 1.41 bits per heavy atom. The number of benzene rings is 1. The topological polar surface area (TPSA) is 68.0 Å². The van der Waals surface area contributed by atoms with Crippen LogP contribution in [-0.4, -0.2) is 16.1 Å². The van der Waals surface area contributed by atoms with Gasteiger partial charge in [0.05, 0.1) is 12.1 Å². The van der Waals surface area contributed by atoms with Gasteiger partial charge in [-0.1, -0.05) is 12.1 Å². The molecular formula is C11H10FN3O2. The van der Waals surface area contributed by atoms with Crippen LogP contribution in [0.2, 0.25) is 0 Å². The first-order chi connectivity index (χ1) is 8.16. The predicted molar refractivity (Wildman–Crippen MR) is 57.2 cm³/mol. The van der Waals surface area contributed by atoms with Gasteiger partial charge >= 0.3 is 0 Å². The summed E-state index contributed by atoms with van der Waals surface area (Å²) < 4.78 is 18.6. The third-order valence-corrected chi connectivity index (χ3v) is 2.06. The standard InChI is InChI=1S/C11H10FN3O2/c1-7(16)13-6-10-14-15-11(17-10)8-4-2-3-5-9(8)12/h2-5H,6H2,1H3,(H,13,16). The summed E-state index contributed by atoms with van der Waals surface area (Å²) >= 11 is 0. The van der Waals surface area contributed by atoms with Crippen molar-refractivity contribution >= 4 is 5.91 Å². The molecule has 1 aromatic carbocycles. The van der Waals surface area contributed by atoms with E-state index in [1.54, 1.807) is 18.2 Å². The van der Waals surface area contributed by atoms with Gasteiger partial charge in [0.25, 0.3) is 5.89 Å². The van der Waals surface area contributed by atoms with Crippen LogP contribution in [0, 0.1) is 5.82 Å². The molecule has 0 saturated heterocycles. The summed E-state index contributed by atoms with van der Waals surface area (Å²) in [6.07, 6.45) is 0. The fourth-order valence-electron chi connectivity index (χ4n) is 1.27. The molecule has 5 nitrogen and oxygen atoms in total. The lowest BCUT2D eigenvalue weighted by Crippen LogP contribution is -2.18. The molecule has 1 amide bonds. The Balaban J connectivity index is 2.18. The number of hydrogen-bond donors (Lipinski definition) is 1. The molecule has 88 valence electrons. The van der Waals surface area contributed by atoms with Gasteiger partial charge in [-0.3, -0.25) is 4.79 Å². The van der Waals surface area contributed by atoms with E-state index >= 15 is 0 Å². The number of aromatic nitrogens is 2. The second-order valence-corrected chi connectivity index (χ2v) is 3.39. The fraction of sp³-hybridized carbons (Fsp3) is 0.182. The SMILES string of the molecule is CC(=O)NCc1nnc(-c2ccccc2F)o1. The van der Waals surface area contributed by atoms with Crippen LogP contribution < -0.4 is 5.32 Å². The van der Waals surface area contributed by atoms with Gasteiger partial charge in [-0.25, -0.2) is 4.39 Å². The average molecular weight is 235 g/mol. The molecule has 17 heavy (non-hydrogen) atoms. The molecule has 0 spiro atoms. The van der Waals surface area contributed by atoms with E-state index in [2.05, 4.69) is 15.5 Å². The Morgan fingerprint density at radius 3 is 2.88 bits per heavy atom. The molecular weight excluding hydrogens is 225 g/mol. The van der Waals surface area contributed by atoms with Crippen molar-refractivity contribution in [2.75, 3.05) is 0 Å². The van der Waals surface area contributed by atoms with Crippen molar-refractivity contribution in [3.05, 3.63) is 36.0 Å². The monoisotopic (exact) mass is 235 g/mol. The van der Waals surface area contributed by atoms with Gasteiger partial charge in [-0.15, -0.1) is 10.2 Å². The zero-order chi connectivity index (χ0) is 12.3. The van der Waals surface area contributed by atoms with E-state index in [0.29, 0.717) is 0 Å². The number of nitrogens with zero attached hydrogens (tertiary/aromatic N) is 2. The Hall–Kier alpha value is -2.24. The average Bonchev–Trinajstić information content (AvgIpc) is 2.75. The molecule has 1 N–H and O–H groups in total. The van der Waals surface area contributed by atoms with Crippen molar-refractivity contribution < 1.29 is 13.6 Å². The van der Waals surface area contributed by atoms with Crippen LogP contribution in [0.3, 0.4) is 0 Å². The third-order valence-electron chi connectivity index (χ3n) is 2.06. The number of nitrogens with one attached hydrogen (secondary N) is 1. The first-order valence-corrected chi connectivity index (χ1v) is 4.98. The normalized spacial score (nSPS) is 10.2. The lowest BCUT2D eigenvalue weighted by Gasteiger charge is -1.96. The Bertz CT molecular complexity index is 539. The van der Waals surface area contributed by atoms with Crippen LogP contribution >= 0.6 is 0 Å². The Kier molecular flexibility index (Phi) is 3.13. The minimum atomic E-state index is -0.428. The first kappa shape index (κ1) is 11.3. The highest BCUT2D eigenvalue weighted by Gasteiger charge is 2.12. The van der Waals surface area contributed by atoms with E-state index in [0.717, 1.165) is 0 Å². The van der Waals surface area contributed by atoms with Crippen molar-refractivity contribution in [3.8, 4) is 11.5 Å². The smallest absolute Gasteiger partial charge is 0.250 e. The number of halogens is 1. The number of rotatable bonds is 3. The molecule has 6 heteroatoms. The maximum atomic E-state index is 13.4. The maximum Gasteiger partial charge on any atom is 0.250 e. The molecule has 2 rings (SSSR count). The van der Waals surface area contributed by atoms with Crippen LogP contribution in [-0.2, 0) is 11.3 Å². The van der Waals surface area contributed by atoms with E-state index in [4.69, 9.17) is 4.42 Å². The highest BCUT2D eigenvalue weighted by Crippen LogP contribution is 2.20. The zero-order valence-corrected chi connectivity index (χ0v) is 9.11. The molecule has 0 aliphatic carbocycles. The van der Waals surface area contributed by atoms with Gasteiger partial charge in [0.2, 0.25) is 11.8 Å². The second-order valence-electron chi connectivity index (χ2n) is 3.39. The van der Waals surface area contributed by atoms with Crippen LogP contribution in [0.1, 0.15) is 12.8 Å². The van der Waals surface area contributed by atoms with Crippen molar-refractivity contribution in [1.82, 2.24) is 15.5 Å². The predicted octanol–water partition coefficient (Wildman–Crippen LogP) is 1.51. The molecule has 0 saturated carbocycles. The Labute approximate surface area is 96.7 Å². The molecule has 1 heterocycles. The Morgan fingerprint density at radius 2 is 2.18 bits per heavy atom. The summed E-state index contributed by atoms with van der Waals surface area (Å²) in [4.78, 5) is 10.7. The van der Waals surface area contributed by atoms with Crippen molar-refractivity contribution in [3.63, 3.8) is 0 Å². The van der Waals surface area contributed by atoms with Gasteiger partial charge in [-0.2, -0.15) is 0 Å². The summed E-state index contributed by atoms with van der Waals surface area (Å²) in [6, 6.07) is 6.11. The van der Waals surface area contributed by atoms with E-state index in [1.807, 2.05) is 0 Å². The minimum absolute atomic E-state index is 0.100. The summed E-state index contributed by atoms with van der Waals surface area (Å²) in [5.74, 6) is -0.292. The number of carbonyl (C=O) groups excluding carboxylic acids is 1. The molecule has 0 aliphatic heterocycles. The van der Waals surface area contributed by atoms with Crippen molar-refractivity contribution in [2.45, 2.75) is 13.5 Å². The number of carbonyl (C=O) groups is 1. The van der Waals surface area contributed by atoms with Crippen LogP contribution in [0.25, 0.3) is 11.5 Å². The lowest BCUT2D eigenvalue weighted by atomic mass is 10.2. The molecule has 0 atom stereocenters. The van der Waals surface area contributed by atoms with Gasteiger partial charge < -0.3 is 9.73 Å². The van der Waals surface area contributed by atoms with Gasteiger partial charge in [0, 0.05) is 6.92 Å². The van der Waals surface area contributed by atoms with Crippen molar-refractivity contribution in [1.29, 1.82) is 0 Å². The molecule has 0 bridgehead atoms. The largest absolute Gasteiger partial charge is 0.419 e. The van der Waals surface area contributed by atoms with Crippen LogP contribution in [0.4, 0.5) is 4.39 Å². The number of amides is 1. The second kappa shape index (κ2) is 4.73. The number of hydrogen-bond acceptors (Lipinski definition) is 4. The quantitative estimate of drug-likeness (QED) is 0.875. The lowest BCUT2D eigenvalue weighted by molar-refractivity contribution is -0.119. The molecule has 0 fully saturated rings. The van der Waals surface area contributed by atoms with Crippen molar-refractivity contribution in [2.24, 2.45) is 0 Å². The van der Waals surface area contributed by atoms with Gasteiger partial charge in [0.15, 0.2) is 0 Å². The summed E-state index contributed by atoms with van der Waals surface area (Å²) in [5.41, 5.74) is 0.245. The summed E-state index contributed by atoms with van der Waals surface area (Å²) in [6.45, 7) is 1.52. The van der Waals surface area contributed by atoms with Gasteiger partial charge in [0.1, 0.15) is 5.82 Å². The molecule has 2 aromatic rings. The zero-order valence-electron chi connectivity index (χ0n) is 9.11. The summed E-state index contributed by atoms with van der Waals surface area (Å²) in [5, 5.41) is 9.94. The van der Waals surface area contributed by atoms with Crippen LogP contribution in [0.15, 0.2) is 28.7 Å². The molecule has 0 radical (unpaired) electrons. The molecule has 0 aliphatic rings. The maximum absolute atomic E-state index is 13.4. The highest BCUT2D eigenvalue weighted by molar-refractivity contribution is 5.72. The van der Waals surface area contributed by atoms with Crippen LogP contribution in [0.5, 0.6) is 0 Å². The van der Waals surface area contributed by atoms with Gasteiger partial charge in [-0.05, 0) is 12.1 Å². The highest BCUT2D eigenvalue weighted by atomic mass is 19.1. The van der Waals surface area contributed by atoms with E-state index < -0.39 is 5.82 Å². The minimum Gasteiger partial charge on any atom is -0.419 e. The van der Waals surface area contributed by atoms with E-state index in [-0.39, 0.29) is 29.8 Å².